The minimum absolute atomic E-state index is 0.257. The van der Waals surface area contributed by atoms with Crippen LogP contribution in [0.1, 0.15) is 10.5 Å². The van der Waals surface area contributed by atoms with Crippen LogP contribution >= 0.6 is 0 Å². The zero-order valence-corrected chi connectivity index (χ0v) is 10.4. The molecule has 0 aliphatic rings. The molecule has 0 saturated carbocycles. The molecule has 0 atom stereocenters. The number of aromatic carboxylic acids is 1. The van der Waals surface area contributed by atoms with Gasteiger partial charge in [-0.25, -0.2) is 18.6 Å². The summed E-state index contributed by atoms with van der Waals surface area (Å²) in [5.74, 6) is -6.15. The molecule has 112 valence electrons. The maximum absolute atomic E-state index is 12.9. The van der Waals surface area contributed by atoms with E-state index >= 15 is 0 Å². The second-order valence-corrected chi connectivity index (χ2v) is 4.19. The SMILES string of the molecule is O=C(O)c1cc2ccccc2c(OCC(F)(F)C(F)F)n1. The highest BCUT2D eigenvalue weighted by atomic mass is 19.3. The summed E-state index contributed by atoms with van der Waals surface area (Å²) in [5.41, 5.74) is -0.427. The summed E-state index contributed by atoms with van der Waals surface area (Å²) >= 11 is 0. The molecular formula is C13H9F4NO3. The molecule has 0 unspecified atom stereocenters. The highest BCUT2D eigenvalue weighted by Gasteiger charge is 2.42. The van der Waals surface area contributed by atoms with Crippen LogP contribution < -0.4 is 4.74 Å². The number of aromatic nitrogens is 1. The van der Waals surface area contributed by atoms with Crippen LogP contribution in [0, 0.1) is 0 Å². The molecule has 0 amide bonds. The van der Waals surface area contributed by atoms with E-state index in [1.807, 2.05) is 0 Å². The standard InChI is InChI=1S/C13H9F4NO3/c14-12(15)13(16,17)6-21-10-8-4-2-1-3-7(8)5-9(18-10)11(19)20/h1-5,12H,6H2,(H,19,20). The van der Waals surface area contributed by atoms with Crippen LogP contribution in [-0.4, -0.2) is 35.0 Å². The lowest BCUT2D eigenvalue weighted by atomic mass is 10.1. The normalized spacial score (nSPS) is 11.9. The van der Waals surface area contributed by atoms with Gasteiger partial charge in [0.25, 0.3) is 0 Å². The molecule has 0 radical (unpaired) electrons. The second kappa shape index (κ2) is 5.55. The van der Waals surface area contributed by atoms with Gasteiger partial charge in [0, 0.05) is 5.39 Å². The van der Waals surface area contributed by atoms with Crippen LogP contribution in [-0.2, 0) is 0 Å². The van der Waals surface area contributed by atoms with Crippen molar-refractivity contribution < 1.29 is 32.2 Å². The highest BCUT2D eigenvalue weighted by Crippen LogP contribution is 2.28. The monoisotopic (exact) mass is 303 g/mol. The molecule has 0 aliphatic carbocycles. The van der Waals surface area contributed by atoms with Crippen LogP contribution in [0.2, 0.25) is 0 Å². The maximum Gasteiger partial charge on any atom is 0.354 e. The number of fused-ring (bicyclic) bond motifs is 1. The fourth-order valence-electron chi connectivity index (χ4n) is 1.61. The summed E-state index contributed by atoms with van der Waals surface area (Å²) in [7, 11) is 0. The molecule has 4 nitrogen and oxygen atoms in total. The topological polar surface area (TPSA) is 59.4 Å². The third kappa shape index (κ3) is 3.21. The van der Waals surface area contributed by atoms with Crippen molar-refractivity contribution in [3.8, 4) is 5.88 Å². The first-order valence-corrected chi connectivity index (χ1v) is 5.73. The van der Waals surface area contributed by atoms with E-state index in [1.165, 1.54) is 18.2 Å². The summed E-state index contributed by atoms with van der Waals surface area (Å²) in [6.45, 7) is -1.59. The molecule has 0 aliphatic heterocycles. The molecule has 8 heteroatoms. The molecule has 1 N–H and O–H groups in total. The number of carbonyl (C=O) groups is 1. The van der Waals surface area contributed by atoms with Crippen LogP contribution in [0.4, 0.5) is 17.6 Å². The van der Waals surface area contributed by atoms with Crippen LogP contribution in [0.15, 0.2) is 30.3 Å². The minimum Gasteiger partial charge on any atom is -0.477 e. The van der Waals surface area contributed by atoms with Gasteiger partial charge >= 0.3 is 18.3 Å². The first-order chi connectivity index (χ1) is 9.81. The molecule has 2 aromatic rings. The molecule has 0 spiro atoms. The Morgan fingerprint density at radius 3 is 2.62 bits per heavy atom. The van der Waals surface area contributed by atoms with E-state index in [0.29, 0.717) is 5.39 Å². The number of nitrogens with zero attached hydrogens (tertiary/aromatic N) is 1. The first kappa shape index (κ1) is 15.0. The van der Waals surface area contributed by atoms with Gasteiger partial charge in [0.1, 0.15) is 0 Å². The summed E-state index contributed by atoms with van der Waals surface area (Å²) in [6, 6.07) is 7.38. The molecule has 0 saturated heterocycles. The van der Waals surface area contributed by atoms with E-state index < -0.39 is 36.5 Å². The number of hydrogen-bond donors (Lipinski definition) is 1. The first-order valence-electron chi connectivity index (χ1n) is 5.73. The number of pyridine rings is 1. The van der Waals surface area contributed by atoms with Gasteiger partial charge in [0.15, 0.2) is 12.3 Å². The molecule has 0 bridgehead atoms. The van der Waals surface area contributed by atoms with Crippen molar-refractivity contribution in [2.75, 3.05) is 6.61 Å². The Hall–Kier alpha value is -2.38. The Labute approximate surface area is 116 Å². The predicted molar refractivity (Wildman–Crippen MR) is 65.1 cm³/mol. The molecular weight excluding hydrogens is 294 g/mol. The Balaban J connectivity index is 2.40. The van der Waals surface area contributed by atoms with Crippen molar-refractivity contribution in [3.63, 3.8) is 0 Å². The molecule has 2 rings (SSSR count). The van der Waals surface area contributed by atoms with Crippen molar-refractivity contribution in [2.24, 2.45) is 0 Å². The van der Waals surface area contributed by atoms with Gasteiger partial charge in [-0.15, -0.1) is 0 Å². The second-order valence-electron chi connectivity index (χ2n) is 4.19. The van der Waals surface area contributed by atoms with E-state index in [2.05, 4.69) is 9.72 Å². The van der Waals surface area contributed by atoms with Crippen LogP contribution in [0.3, 0.4) is 0 Å². The quantitative estimate of drug-likeness (QED) is 0.862. The fraction of sp³-hybridized carbons (Fsp3) is 0.231. The Kier molecular flexibility index (Phi) is 3.97. The minimum atomic E-state index is -4.35. The third-order valence-corrected chi connectivity index (χ3v) is 2.65. The maximum atomic E-state index is 12.9. The number of rotatable bonds is 5. The smallest absolute Gasteiger partial charge is 0.354 e. The molecule has 1 aromatic carbocycles. The third-order valence-electron chi connectivity index (χ3n) is 2.65. The lowest BCUT2D eigenvalue weighted by Crippen LogP contribution is -2.34. The molecule has 1 aromatic heterocycles. The number of alkyl halides is 4. The summed E-state index contributed by atoms with van der Waals surface area (Å²) in [4.78, 5) is 14.5. The van der Waals surface area contributed by atoms with Gasteiger partial charge < -0.3 is 9.84 Å². The number of halogens is 4. The van der Waals surface area contributed by atoms with Crippen LogP contribution in [0.25, 0.3) is 10.8 Å². The van der Waals surface area contributed by atoms with Gasteiger partial charge in [0.2, 0.25) is 5.88 Å². The van der Waals surface area contributed by atoms with E-state index in [1.54, 1.807) is 12.1 Å². The van der Waals surface area contributed by atoms with Crippen molar-refractivity contribution in [3.05, 3.63) is 36.0 Å². The zero-order chi connectivity index (χ0) is 15.6. The number of ether oxygens (including phenoxy) is 1. The Morgan fingerprint density at radius 2 is 2.00 bits per heavy atom. The van der Waals surface area contributed by atoms with Gasteiger partial charge in [-0.05, 0) is 17.5 Å². The fourth-order valence-corrected chi connectivity index (χ4v) is 1.61. The number of carboxylic acids is 1. The summed E-state index contributed by atoms with van der Waals surface area (Å²) in [6.07, 6.45) is -3.88. The Bertz CT molecular complexity index is 676. The van der Waals surface area contributed by atoms with E-state index in [0.717, 1.165) is 0 Å². The van der Waals surface area contributed by atoms with Crippen molar-refractivity contribution in [2.45, 2.75) is 12.3 Å². The van der Waals surface area contributed by atoms with Gasteiger partial charge in [-0.3, -0.25) is 0 Å². The average molecular weight is 303 g/mol. The van der Waals surface area contributed by atoms with Crippen molar-refractivity contribution in [1.82, 2.24) is 4.98 Å². The lowest BCUT2D eigenvalue weighted by Gasteiger charge is -2.16. The summed E-state index contributed by atoms with van der Waals surface area (Å²) < 4.78 is 54.6. The van der Waals surface area contributed by atoms with Crippen molar-refractivity contribution >= 4 is 16.7 Å². The van der Waals surface area contributed by atoms with Gasteiger partial charge in [-0.1, -0.05) is 18.2 Å². The Morgan fingerprint density at radius 1 is 1.33 bits per heavy atom. The van der Waals surface area contributed by atoms with Gasteiger partial charge in [0.05, 0.1) is 0 Å². The van der Waals surface area contributed by atoms with Gasteiger partial charge in [-0.2, -0.15) is 8.78 Å². The van der Waals surface area contributed by atoms with Crippen LogP contribution in [0.5, 0.6) is 5.88 Å². The summed E-state index contributed by atoms with van der Waals surface area (Å²) in [5, 5.41) is 9.54. The number of benzene rings is 1. The van der Waals surface area contributed by atoms with E-state index in [9.17, 15) is 22.4 Å². The van der Waals surface area contributed by atoms with Crippen molar-refractivity contribution in [1.29, 1.82) is 0 Å². The molecule has 21 heavy (non-hydrogen) atoms. The zero-order valence-electron chi connectivity index (χ0n) is 10.4. The lowest BCUT2D eigenvalue weighted by molar-refractivity contribution is -0.148. The highest BCUT2D eigenvalue weighted by molar-refractivity contribution is 5.94. The molecule has 1 heterocycles. The molecule has 0 fully saturated rings. The predicted octanol–water partition coefficient (Wildman–Crippen LogP) is 3.21. The number of carboxylic acid groups (broad SMARTS) is 1. The average Bonchev–Trinajstić information content (AvgIpc) is 2.44. The van der Waals surface area contributed by atoms with E-state index in [-0.39, 0.29) is 5.39 Å². The largest absolute Gasteiger partial charge is 0.477 e. The number of hydrogen-bond acceptors (Lipinski definition) is 3. The van der Waals surface area contributed by atoms with E-state index in [4.69, 9.17) is 5.11 Å².